The lowest BCUT2D eigenvalue weighted by Crippen LogP contribution is -2.52. The number of rotatable bonds is 9. The van der Waals surface area contributed by atoms with Crippen LogP contribution in [0.5, 0.6) is 5.75 Å². The zero-order valence-corrected chi connectivity index (χ0v) is 27.7. The van der Waals surface area contributed by atoms with Crippen molar-refractivity contribution < 1.29 is 37.8 Å². The van der Waals surface area contributed by atoms with E-state index in [0.717, 1.165) is 24.0 Å². The number of carbonyl (C=O) groups excluding carboxylic acids is 4. The van der Waals surface area contributed by atoms with Crippen molar-refractivity contribution in [1.29, 1.82) is 0 Å². The molecule has 13 heteroatoms. The van der Waals surface area contributed by atoms with Crippen LogP contribution >= 0.6 is 0 Å². The number of nitrogens with one attached hydrogen (secondary N) is 1. The maximum Gasteiger partial charge on any atom is 0.272 e. The number of imide groups is 1. The zero-order valence-electron chi connectivity index (χ0n) is 27.7. The minimum absolute atomic E-state index is 0.0492. The highest BCUT2D eigenvalue weighted by molar-refractivity contribution is 6.05. The number of nitrogens with zero attached hydrogens (tertiary/aromatic N) is 4. The average molecular weight is 674 g/mol. The molecule has 3 fully saturated rings. The maximum atomic E-state index is 15.5. The van der Waals surface area contributed by atoms with Gasteiger partial charge in [0.15, 0.2) is 0 Å². The summed E-state index contributed by atoms with van der Waals surface area (Å²) in [7, 11) is 3.41. The maximum absolute atomic E-state index is 15.5. The molecule has 4 amide bonds. The van der Waals surface area contributed by atoms with E-state index in [2.05, 4.69) is 15.2 Å². The molecule has 3 saturated heterocycles. The fourth-order valence-corrected chi connectivity index (χ4v) is 7.50. The molecule has 0 spiro atoms. The molecule has 0 saturated carbocycles. The largest absolute Gasteiger partial charge is 0.489 e. The van der Waals surface area contributed by atoms with Gasteiger partial charge in [-0.25, -0.2) is 9.37 Å². The van der Waals surface area contributed by atoms with Crippen LogP contribution in [0.4, 0.5) is 4.39 Å². The Balaban J connectivity index is 1.02. The monoisotopic (exact) mass is 673 g/mol. The molecule has 0 unspecified atom stereocenters. The smallest absolute Gasteiger partial charge is 0.272 e. The Hall–Kier alpha value is -4.46. The minimum atomic E-state index is -0.680. The van der Waals surface area contributed by atoms with Gasteiger partial charge in [-0.3, -0.25) is 29.4 Å². The molecule has 258 valence electrons. The Kier molecular flexibility index (Phi) is 9.32. The van der Waals surface area contributed by atoms with Crippen molar-refractivity contribution >= 4 is 34.5 Å². The number of fused-ring (bicyclic) bond motifs is 2. The first-order valence-electron chi connectivity index (χ1n) is 16.8. The summed E-state index contributed by atoms with van der Waals surface area (Å²) in [6.45, 7) is 3.71. The summed E-state index contributed by atoms with van der Waals surface area (Å²) < 4.78 is 32.9. The second-order valence-electron chi connectivity index (χ2n) is 13.4. The molecule has 12 nitrogen and oxygen atoms in total. The van der Waals surface area contributed by atoms with Crippen molar-refractivity contribution in [2.45, 2.75) is 57.0 Å². The highest BCUT2D eigenvalue weighted by atomic mass is 19.1. The quantitative estimate of drug-likeness (QED) is 0.341. The number of methoxy groups -OCH3 is 1. The number of aromatic nitrogens is 1. The SMILES string of the molecule is COC[C@@H]1CN(Cc2cc(F)c3nc(C(=O)N(C)C4CCOCC4)ccc3c2)C[C@H]1Oc1ccc2c(c1)CN([C@H]1CCC(=O)NC1=O)C2=O. The molecule has 7 rings (SSSR count). The third-order valence-corrected chi connectivity index (χ3v) is 10.1. The van der Waals surface area contributed by atoms with Crippen LogP contribution in [0.15, 0.2) is 42.5 Å². The normalized spacial score (nSPS) is 23.2. The van der Waals surface area contributed by atoms with E-state index < -0.39 is 17.8 Å². The number of hydrogen-bond donors (Lipinski definition) is 1. The molecule has 1 aromatic heterocycles. The van der Waals surface area contributed by atoms with Gasteiger partial charge in [0, 0.05) is 82.9 Å². The second-order valence-corrected chi connectivity index (χ2v) is 13.4. The zero-order chi connectivity index (χ0) is 34.2. The molecular formula is C36H40FN5O7. The van der Waals surface area contributed by atoms with E-state index in [9.17, 15) is 19.2 Å². The second kappa shape index (κ2) is 13.8. The van der Waals surface area contributed by atoms with E-state index in [1.165, 1.54) is 11.0 Å². The fourth-order valence-electron chi connectivity index (χ4n) is 7.50. The Labute approximate surface area is 283 Å². The average Bonchev–Trinajstić information content (AvgIpc) is 3.62. The van der Waals surface area contributed by atoms with Gasteiger partial charge in [-0.05, 0) is 66.8 Å². The van der Waals surface area contributed by atoms with Crippen LogP contribution in [0.3, 0.4) is 0 Å². The van der Waals surface area contributed by atoms with Gasteiger partial charge in [0.2, 0.25) is 11.8 Å². The predicted molar refractivity (Wildman–Crippen MR) is 175 cm³/mol. The number of benzene rings is 2. The van der Waals surface area contributed by atoms with Gasteiger partial charge in [0.1, 0.15) is 34.9 Å². The first-order valence-corrected chi connectivity index (χ1v) is 16.8. The number of likely N-dealkylation sites (tertiary alicyclic amines) is 1. The number of piperidine rings is 1. The van der Waals surface area contributed by atoms with Gasteiger partial charge in [-0.1, -0.05) is 6.07 Å². The molecule has 4 aliphatic heterocycles. The summed E-state index contributed by atoms with van der Waals surface area (Å²) in [5, 5.41) is 2.95. The van der Waals surface area contributed by atoms with E-state index in [4.69, 9.17) is 14.2 Å². The van der Waals surface area contributed by atoms with Crippen LogP contribution in [0.25, 0.3) is 10.9 Å². The standard InChI is InChI=1S/C36H40FN5O7/c1-40(25-9-11-48-12-10-25)36(46)29-6-3-22-13-21(14-28(37)33(22)38-29)16-41-17-24(20-47-2)31(19-41)49-26-4-5-27-23(15-26)18-42(35(27)45)30-7-8-32(43)39-34(30)44/h3-6,13-15,24-25,30-31H,7-12,16-20H2,1-2H3,(H,39,43,44)/t24-,30-,31+/m0/s1. The number of amides is 4. The van der Waals surface area contributed by atoms with E-state index in [-0.39, 0.29) is 60.0 Å². The highest BCUT2D eigenvalue weighted by Gasteiger charge is 2.40. The van der Waals surface area contributed by atoms with Crippen LogP contribution in [-0.2, 0) is 32.2 Å². The van der Waals surface area contributed by atoms with Gasteiger partial charge >= 0.3 is 0 Å². The number of ether oxygens (including phenoxy) is 3. The van der Waals surface area contributed by atoms with Crippen molar-refractivity contribution in [1.82, 2.24) is 25.0 Å². The summed E-state index contributed by atoms with van der Waals surface area (Å²) in [6.07, 6.45) is 1.82. The lowest BCUT2D eigenvalue weighted by atomic mass is 10.0. The molecule has 1 N–H and O–H groups in total. The number of hydrogen-bond acceptors (Lipinski definition) is 9. The molecule has 0 aliphatic carbocycles. The van der Waals surface area contributed by atoms with Crippen molar-refractivity contribution in [2.24, 2.45) is 5.92 Å². The highest BCUT2D eigenvalue weighted by Crippen LogP contribution is 2.32. The first-order chi connectivity index (χ1) is 23.7. The van der Waals surface area contributed by atoms with E-state index in [1.54, 1.807) is 43.3 Å². The van der Waals surface area contributed by atoms with Crippen molar-refractivity contribution in [2.75, 3.05) is 47.1 Å². The van der Waals surface area contributed by atoms with Crippen molar-refractivity contribution in [3.05, 3.63) is 70.7 Å². The first kappa shape index (κ1) is 33.1. The molecule has 3 atom stereocenters. The fraction of sp³-hybridized carbons (Fsp3) is 0.472. The van der Waals surface area contributed by atoms with Crippen LogP contribution < -0.4 is 10.1 Å². The van der Waals surface area contributed by atoms with Crippen LogP contribution in [0, 0.1) is 11.7 Å². The summed E-state index contributed by atoms with van der Waals surface area (Å²) in [5.74, 6) is -1.05. The lowest BCUT2D eigenvalue weighted by molar-refractivity contribution is -0.136. The third-order valence-electron chi connectivity index (χ3n) is 10.1. The molecule has 4 aliphatic rings. The molecular weight excluding hydrogens is 633 g/mol. The molecule has 0 radical (unpaired) electrons. The molecule has 5 heterocycles. The Bertz CT molecular complexity index is 1800. The van der Waals surface area contributed by atoms with Gasteiger partial charge in [0.05, 0.1) is 6.61 Å². The number of pyridine rings is 1. The van der Waals surface area contributed by atoms with Crippen LogP contribution in [0.2, 0.25) is 0 Å². The Morgan fingerprint density at radius 3 is 2.67 bits per heavy atom. The summed E-state index contributed by atoms with van der Waals surface area (Å²) in [5.41, 5.74) is 2.46. The Morgan fingerprint density at radius 1 is 1.08 bits per heavy atom. The van der Waals surface area contributed by atoms with Gasteiger partial charge in [-0.2, -0.15) is 0 Å². The predicted octanol–water partition coefficient (Wildman–Crippen LogP) is 2.91. The topological polar surface area (TPSA) is 131 Å². The lowest BCUT2D eigenvalue weighted by Gasteiger charge is -2.31. The van der Waals surface area contributed by atoms with Crippen LogP contribution in [-0.4, -0.2) is 109 Å². The van der Waals surface area contributed by atoms with Gasteiger partial charge < -0.3 is 24.0 Å². The summed E-state index contributed by atoms with van der Waals surface area (Å²) in [6, 6.07) is 11.5. The minimum Gasteiger partial charge on any atom is -0.489 e. The number of halogens is 1. The molecule has 3 aromatic rings. The van der Waals surface area contributed by atoms with Gasteiger partial charge in [-0.15, -0.1) is 0 Å². The van der Waals surface area contributed by atoms with Crippen molar-refractivity contribution in [3.8, 4) is 5.75 Å². The summed E-state index contributed by atoms with van der Waals surface area (Å²) in [4.78, 5) is 60.1. The molecule has 49 heavy (non-hydrogen) atoms. The molecule has 2 aromatic carbocycles. The van der Waals surface area contributed by atoms with Crippen LogP contribution in [0.1, 0.15) is 57.7 Å². The van der Waals surface area contributed by atoms with E-state index in [0.29, 0.717) is 62.6 Å². The third kappa shape index (κ3) is 6.75. The van der Waals surface area contributed by atoms with Gasteiger partial charge in [0.25, 0.3) is 11.8 Å². The van der Waals surface area contributed by atoms with E-state index >= 15 is 4.39 Å². The summed E-state index contributed by atoms with van der Waals surface area (Å²) >= 11 is 0. The van der Waals surface area contributed by atoms with E-state index in [1.807, 2.05) is 12.1 Å². The Morgan fingerprint density at radius 2 is 1.90 bits per heavy atom. The number of carbonyl (C=O) groups is 4. The van der Waals surface area contributed by atoms with Crippen molar-refractivity contribution in [3.63, 3.8) is 0 Å². The molecule has 0 bridgehead atoms.